The number of hydrogen-bond donors (Lipinski definition) is 0. The van der Waals surface area contributed by atoms with Crippen molar-refractivity contribution in [2.75, 3.05) is 0 Å². The molecule has 0 spiro atoms. The highest BCUT2D eigenvalue weighted by molar-refractivity contribution is 6.57. The van der Waals surface area contributed by atoms with Gasteiger partial charge in [0, 0.05) is 16.7 Å². The normalized spacial score (nSPS) is 12.7. The maximum absolute atomic E-state index is 6.47. The van der Waals surface area contributed by atoms with Gasteiger partial charge in [0.05, 0.1) is 75.3 Å². The van der Waals surface area contributed by atoms with Crippen LogP contribution in [0.1, 0.15) is 58.2 Å². The fraction of sp³-hybridized carbons (Fsp3) is 0.333. The Morgan fingerprint density at radius 2 is 0.429 bits per heavy atom. The van der Waals surface area contributed by atoms with Crippen LogP contribution in [0.25, 0.3) is 0 Å². The van der Waals surface area contributed by atoms with Crippen LogP contribution in [0.2, 0.25) is 75.3 Å². The summed E-state index contributed by atoms with van der Waals surface area (Å²) < 4.78 is 0. The molecular weight excluding hydrogens is 963 g/mol. The summed E-state index contributed by atoms with van der Waals surface area (Å²) in [6.07, 6.45) is 0. The molecule has 0 N–H and O–H groups in total. The summed E-state index contributed by atoms with van der Waals surface area (Å²) in [4.78, 5) is 33.5. The molecule has 3 aromatic rings. The van der Waals surface area contributed by atoms with Crippen molar-refractivity contribution in [1.82, 2.24) is 0 Å². The van der Waals surface area contributed by atoms with Crippen molar-refractivity contribution in [3.8, 4) is 0 Å². The molecule has 0 heterocycles. The first kappa shape index (κ1) is 45.2. The minimum atomic E-state index is -2.01. The lowest BCUT2D eigenvalue weighted by atomic mass is 9.98. The van der Waals surface area contributed by atoms with Crippen molar-refractivity contribution < 1.29 is 29.1 Å². The van der Waals surface area contributed by atoms with Gasteiger partial charge in [0.2, 0.25) is 0 Å². The molecule has 6 nitrogen and oxygen atoms in total. The molecule has 0 atom stereocenters. The number of hydrogen-bond acceptors (Lipinski definition) is 6. The summed E-state index contributed by atoms with van der Waals surface area (Å²) in [5, 5.41) is -1.25. The third-order valence-electron chi connectivity index (χ3n) is 6.44. The molecule has 270 valence electrons. The zero-order valence-electron chi connectivity index (χ0n) is 25.2. The molecule has 49 heavy (non-hydrogen) atoms. The van der Waals surface area contributed by atoms with Crippen molar-refractivity contribution in [2.45, 2.75) is 58.3 Å². The molecule has 0 aliphatic heterocycles. The Morgan fingerprint density at radius 1 is 0.286 bits per heavy atom. The van der Waals surface area contributed by atoms with Crippen LogP contribution in [0.3, 0.4) is 0 Å². The van der Waals surface area contributed by atoms with Gasteiger partial charge in [-0.05, 0) is 41.5 Å². The van der Waals surface area contributed by atoms with Crippen LogP contribution >= 0.6 is 174 Å². The van der Waals surface area contributed by atoms with E-state index in [-0.39, 0.29) is 92.0 Å². The Morgan fingerprint density at radius 3 is 0.592 bits per heavy atom. The van der Waals surface area contributed by atoms with Crippen LogP contribution in [-0.4, -0.2) is 7.32 Å². The zero-order valence-corrected chi connectivity index (χ0v) is 36.5. The number of rotatable bonds is 12. The van der Waals surface area contributed by atoms with Gasteiger partial charge >= 0.3 is 7.32 Å². The molecule has 3 aromatic carbocycles. The Labute approximate surface area is 357 Å². The highest BCUT2D eigenvalue weighted by Crippen LogP contribution is 2.51. The van der Waals surface area contributed by atoms with Crippen LogP contribution in [0.15, 0.2) is 0 Å². The van der Waals surface area contributed by atoms with Gasteiger partial charge in [0.15, 0.2) is 0 Å². The number of benzene rings is 3. The molecule has 0 saturated carbocycles. The molecule has 22 heteroatoms. The average molecular weight is 981 g/mol. The van der Waals surface area contributed by atoms with E-state index in [1.54, 1.807) is 0 Å². The van der Waals surface area contributed by atoms with E-state index in [0.29, 0.717) is 0 Å². The predicted octanol–water partition coefficient (Wildman–Crippen LogP) is 16.4. The van der Waals surface area contributed by atoms with Crippen molar-refractivity contribution in [3.05, 3.63) is 92.0 Å². The second-order valence-electron chi connectivity index (χ2n) is 11.2. The highest BCUT2D eigenvalue weighted by atomic mass is 35.5. The van der Waals surface area contributed by atoms with Crippen molar-refractivity contribution in [1.29, 1.82) is 0 Å². The first-order chi connectivity index (χ1) is 22.3. The van der Waals surface area contributed by atoms with Gasteiger partial charge in [0.1, 0.15) is 16.8 Å². The Balaban J connectivity index is 2.01. The molecule has 0 saturated heterocycles. The van der Waals surface area contributed by atoms with E-state index in [1.807, 2.05) is 0 Å². The van der Waals surface area contributed by atoms with Crippen LogP contribution in [0, 0.1) is 0 Å². The summed E-state index contributed by atoms with van der Waals surface area (Å²) in [6, 6.07) is 0. The van der Waals surface area contributed by atoms with Gasteiger partial charge in [-0.3, -0.25) is 0 Å². The Bertz CT molecular complexity index is 1500. The van der Waals surface area contributed by atoms with Crippen LogP contribution < -0.4 is 0 Å². The third kappa shape index (κ3) is 9.45. The van der Waals surface area contributed by atoms with E-state index in [9.17, 15) is 0 Å². The summed E-state index contributed by atoms with van der Waals surface area (Å²) in [6.45, 7) is 9.01. The molecule has 0 aliphatic carbocycles. The van der Waals surface area contributed by atoms with E-state index < -0.39 is 24.1 Å². The van der Waals surface area contributed by atoms with Gasteiger partial charge in [-0.25, -0.2) is 29.1 Å². The lowest BCUT2D eigenvalue weighted by Gasteiger charge is -2.32. The van der Waals surface area contributed by atoms with Gasteiger partial charge in [-0.1, -0.05) is 174 Å². The van der Waals surface area contributed by atoms with Crippen LogP contribution in [-0.2, 0) is 45.9 Å². The third-order valence-corrected chi connectivity index (χ3v) is 13.3. The second kappa shape index (κ2) is 17.3. The zero-order chi connectivity index (χ0) is 37.7. The smallest absolute Gasteiger partial charge is 0.236 e. The fourth-order valence-electron chi connectivity index (χ4n) is 4.05. The molecule has 0 bridgehead atoms. The Kier molecular flexibility index (Phi) is 16.0. The highest BCUT2D eigenvalue weighted by Gasteiger charge is 2.42. The molecule has 0 radical (unpaired) electrons. The first-order valence-corrected chi connectivity index (χ1v) is 18.6. The molecular formula is C27H18BCl15O6. The van der Waals surface area contributed by atoms with Crippen LogP contribution in [0.4, 0.5) is 0 Å². The quantitative estimate of drug-likeness (QED) is 0.0593. The van der Waals surface area contributed by atoms with E-state index in [2.05, 4.69) is 0 Å². The van der Waals surface area contributed by atoms with Crippen molar-refractivity contribution >= 4 is 181 Å². The average Bonchev–Trinajstić information content (AvgIpc) is 3.02. The molecule has 0 unspecified atom stereocenters. The summed E-state index contributed by atoms with van der Waals surface area (Å²) in [7, 11) is -2.01. The van der Waals surface area contributed by atoms with Gasteiger partial charge in [-0.2, -0.15) is 0 Å². The minimum Gasteiger partial charge on any atom is -0.236 e. The molecule has 0 aliphatic rings. The van der Waals surface area contributed by atoms with E-state index in [1.165, 1.54) is 41.5 Å². The lowest BCUT2D eigenvalue weighted by molar-refractivity contribution is -0.406. The topological polar surface area (TPSA) is 55.4 Å². The van der Waals surface area contributed by atoms with Crippen molar-refractivity contribution in [3.63, 3.8) is 0 Å². The summed E-state index contributed by atoms with van der Waals surface area (Å²) in [5.74, 6) is 0. The maximum Gasteiger partial charge on any atom is 0.725 e. The van der Waals surface area contributed by atoms with E-state index in [0.717, 1.165) is 0 Å². The lowest BCUT2D eigenvalue weighted by Crippen LogP contribution is -2.38. The first-order valence-electron chi connectivity index (χ1n) is 12.9. The van der Waals surface area contributed by atoms with E-state index >= 15 is 0 Å². The predicted molar refractivity (Wildman–Crippen MR) is 206 cm³/mol. The summed E-state index contributed by atoms with van der Waals surface area (Å²) in [5.41, 5.74) is -4.33. The fourth-order valence-corrected chi connectivity index (χ4v) is 8.83. The summed E-state index contributed by atoms with van der Waals surface area (Å²) >= 11 is 94.9. The monoisotopic (exact) mass is 974 g/mol. The van der Waals surface area contributed by atoms with Crippen molar-refractivity contribution in [2.24, 2.45) is 0 Å². The van der Waals surface area contributed by atoms with Gasteiger partial charge in [-0.15, -0.1) is 0 Å². The molecule has 0 amide bonds. The Hall–Kier alpha value is 1.83. The van der Waals surface area contributed by atoms with E-state index in [4.69, 9.17) is 203 Å². The maximum atomic E-state index is 6.47. The number of halogens is 15. The largest absolute Gasteiger partial charge is 0.725 e. The minimum absolute atomic E-state index is 0.0749. The SMILES string of the molecule is CC(C)(OOB(OOC(C)(C)c1c(Cl)c(Cl)c(Cl)c(Cl)c1Cl)OOC(C)(C)c1c(Cl)c(Cl)c(Cl)c(Cl)c1Cl)c1c(Cl)c(Cl)c(Cl)c(Cl)c1Cl. The van der Waals surface area contributed by atoms with Crippen LogP contribution in [0.5, 0.6) is 0 Å². The molecule has 3 rings (SSSR count). The second-order valence-corrected chi connectivity index (χ2v) is 16.9. The standard InChI is InChI=1S/C27H18BCl15O6/c1-25(2,7-10(29)16(35)22(41)17(36)11(7)30)44-47-28(48-45-26(3,4)8-12(31)18(37)23(42)19(38)13(8)32)49-46-27(5,6)9-14(33)20(39)24(43)21(40)15(9)34/h1-6H3. The molecule has 0 fully saturated rings. The van der Waals surface area contributed by atoms with Gasteiger partial charge < -0.3 is 0 Å². The molecule has 0 aromatic heterocycles. The van der Waals surface area contributed by atoms with Gasteiger partial charge in [0.25, 0.3) is 0 Å².